The molecule has 1 rings (SSSR count). The van der Waals surface area contributed by atoms with E-state index >= 15 is 0 Å². The van der Waals surface area contributed by atoms with Crippen molar-refractivity contribution in [2.45, 2.75) is 12.7 Å². The van der Waals surface area contributed by atoms with Crippen LogP contribution in [0.25, 0.3) is 0 Å². The number of hydrogen-bond donors (Lipinski definition) is 1. The summed E-state index contributed by atoms with van der Waals surface area (Å²) in [5.74, 6) is -0.611. The van der Waals surface area contributed by atoms with Crippen LogP contribution in [-0.2, 0) is 16.0 Å². The minimum Gasteiger partial charge on any atom is -0.398 e. The lowest BCUT2D eigenvalue weighted by Crippen LogP contribution is -2.02. The second kappa shape index (κ2) is 4.01. The first-order valence-electron chi connectivity index (χ1n) is 3.76. The average molecular weight is 329 g/mol. The van der Waals surface area contributed by atoms with Gasteiger partial charge in [-0.2, -0.15) is 8.42 Å². The molecule has 0 aliphatic carbocycles. The minimum atomic E-state index is -4.49. The number of benzene rings is 1. The molecular weight excluding hydrogens is 320 g/mol. The van der Waals surface area contributed by atoms with Crippen LogP contribution in [-0.4, -0.2) is 8.42 Å². The first kappa shape index (κ1) is 11.7. The largest absolute Gasteiger partial charge is 0.398 e. The van der Waals surface area contributed by atoms with Gasteiger partial charge in [0.2, 0.25) is 0 Å². The van der Waals surface area contributed by atoms with Crippen LogP contribution in [0.3, 0.4) is 0 Å². The molecule has 0 radical (unpaired) electrons. The van der Waals surface area contributed by atoms with Crippen LogP contribution in [0.2, 0.25) is 0 Å². The predicted octanol–water partition coefficient (Wildman–Crippen LogP) is 1.98. The van der Waals surface area contributed by atoms with E-state index in [4.69, 9.17) is 5.73 Å². The van der Waals surface area contributed by atoms with E-state index in [-0.39, 0.29) is 0 Å². The average Bonchev–Trinajstić information content (AvgIpc) is 1.96. The zero-order chi connectivity index (χ0) is 10.9. The first-order chi connectivity index (χ1) is 6.29. The van der Waals surface area contributed by atoms with Crippen molar-refractivity contribution in [2.24, 2.45) is 0 Å². The summed E-state index contributed by atoms with van der Waals surface area (Å²) in [6.07, 6.45) is 0. The van der Waals surface area contributed by atoms with E-state index in [1.165, 1.54) is 0 Å². The Labute approximate surface area is 95.8 Å². The standard InChI is InChI=1S/C8H9FINO2S/c1-5-6(4-14(9,12)13)2-7(10)3-8(5)11/h2-3H,4,11H2,1H3. The Kier molecular flexibility index (Phi) is 3.36. The van der Waals surface area contributed by atoms with Crippen molar-refractivity contribution in [3.8, 4) is 0 Å². The highest BCUT2D eigenvalue weighted by atomic mass is 127. The van der Waals surface area contributed by atoms with Crippen LogP contribution in [0.5, 0.6) is 0 Å². The van der Waals surface area contributed by atoms with Gasteiger partial charge in [-0.15, -0.1) is 3.89 Å². The second-order valence-electron chi connectivity index (χ2n) is 2.96. The van der Waals surface area contributed by atoms with Gasteiger partial charge in [0.15, 0.2) is 0 Å². The van der Waals surface area contributed by atoms with Gasteiger partial charge in [-0.05, 0) is 52.8 Å². The fraction of sp³-hybridized carbons (Fsp3) is 0.250. The molecular formula is C8H9FINO2S. The topological polar surface area (TPSA) is 60.2 Å². The first-order valence-corrected chi connectivity index (χ1v) is 6.39. The molecule has 0 heterocycles. The fourth-order valence-corrected chi connectivity index (χ4v) is 2.48. The Morgan fingerprint density at radius 1 is 1.50 bits per heavy atom. The van der Waals surface area contributed by atoms with Gasteiger partial charge in [0.05, 0.1) is 0 Å². The number of anilines is 1. The number of nitrogen functional groups attached to an aromatic ring is 1. The van der Waals surface area contributed by atoms with Crippen molar-refractivity contribution in [1.82, 2.24) is 0 Å². The van der Waals surface area contributed by atoms with Gasteiger partial charge in [-0.3, -0.25) is 0 Å². The Balaban J connectivity index is 3.22. The van der Waals surface area contributed by atoms with Crippen molar-refractivity contribution < 1.29 is 12.3 Å². The van der Waals surface area contributed by atoms with Crippen molar-refractivity contribution in [3.05, 3.63) is 26.8 Å². The molecule has 6 heteroatoms. The zero-order valence-corrected chi connectivity index (χ0v) is 10.4. The van der Waals surface area contributed by atoms with Crippen LogP contribution in [0.1, 0.15) is 11.1 Å². The molecule has 1 aromatic rings. The maximum atomic E-state index is 12.4. The Hall–Kier alpha value is -0.370. The SMILES string of the molecule is Cc1c(N)cc(I)cc1CS(=O)(=O)F. The molecule has 1 aromatic carbocycles. The maximum absolute atomic E-state index is 12.4. The van der Waals surface area contributed by atoms with Gasteiger partial charge in [0.1, 0.15) is 5.75 Å². The van der Waals surface area contributed by atoms with Crippen LogP contribution in [0.15, 0.2) is 12.1 Å². The Morgan fingerprint density at radius 2 is 2.07 bits per heavy atom. The lowest BCUT2D eigenvalue weighted by molar-refractivity contribution is 0.551. The molecule has 0 unspecified atom stereocenters. The van der Waals surface area contributed by atoms with Gasteiger partial charge in [0.25, 0.3) is 0 Å². The van der Waals surface area contributed by atoms with E-state index in [1.54, 1.807) is 19.1 Å². The summed E-state index contributed by atoms with van der Waals surface area (Å²) in [6, 6.07) is 3.33. The monoisotopic (exact) mass is 329 g/mol. The lowest BCUT2D eigenvalue weighted by atomic mass is 10.1. The van der Waals surface area contributed by atoms with E-state index in [0.717, 1.165) is 3.57 Å². The Bertz CT molecular complexity index is 459. The molecule has 0 aliphatic rings. The molecule has 0 bridgehead atoms. The van der Waals surface area contributed by atoms with E-state index < -0.39 is 16.0 Å². The summed E-state index contributed by atoms with van der Waals surface area (Å²) >= 11 is 2.00. The predicted molar refractivity (Wildman–Crippen MR) is 62.0 cm³/mol. The van der Waals surface area contributed by atoms with Crippen LogP contribution in [0, 0.1) is 10.5 Å². The maximum Gasteiger partial charge on any atom is 0.306 e. The second-order valence-corrected chi connectivity index (χ2v) is 5.57. The summed E-state index contributed by atoms with van der Waals surface area (Å²) < 4.78 is 34.2. The molecule has 0 saturated carbocycles. The quantitative estimate of drug-likeness (QED) is 0.513. The third-order valence-electron chi connectivity index (χ3n) is 1.85. The van der Waals surface area contributed by atoms with Crippen LogP contribution >= 0.6 is 22.6 Å². The number of halogens is 2. The van der Waals surface area contributed by atoms with Crippen LogP contribution in [0.4, 0.5) is 9.57 Å². The van der Waals surface area contributed by atoms with Crippen molar-refractivity contribution in [2.75, 3.05) is 5.73 Å². The van der Waals surface area contributed by atoms with E-state index in [1.807, 2.05) is 22.6 Å². The van der Waals surface area contributed by atoms with Crippen molar-refractivity contribution in [3.63, 3.8) is 0 Å². The summed E-state index contributed by atoms with van der Waals surface area (Å²) in [5, 5.41) is 0. The molecule has 0 saturated heterocycles. The summed E-state index contributed by atoms with van der Waals surface area (Å²) in [5.41, 5.74) is 7.13. The summed E-state index contributed by atoms with van der Waals surface area (Å²) in [6.45, 7) is 1.67. The fourth-order valence-electron chi connectivity index (χ4n) is 1.09. The van der Waals surface area contributed by atoms with Crippen LogP contribution < -0.4 is 5.73 Å². The molecule has 3 nitrogen and oxygen atoms in total. The van der Waals surface area contributed by atoms with Gasteiger partial charge >= 0.3 is 10.2 Å². The lowest BCUT2D eigenvalue weighted by Gasteiger charge is -2.07. The van der Waals surface area contributed by atoms with Crippen molar-refractivity contribution >= 4 is 38.5 Å². The third-order valence-corrected chi connectivity index (χ3v) is 3.13. The highest BCUT2D eigenvalue weighted by molar-refractivity contribution is 14.1. The third kappa shape index (κ3) is 3.09. The molecule has 0 aromatic heterocycles. The number of rotatable bonds is 2. The highest BCUT2D eigenvalue weighted by Gasteiger charge is 2.13. The highest BCUT2D eigenvalue weighted by Crippen LogP contribution is 2.22. The smallest absolute Gasteiger partial charge is 0.306 e. The molecule has 0 aliphatic heterocycles. The van der Waals surface area contributed by atoms with Gasteiger partial charge in [0, 0.05) is 9.26 Å². The minimum absolute atomic E-state index is 0.414. The molecule has 0 spiro atoms. The summed E-state index contributed by atoms with van der Waals surface area (Å²) in [7, 11) is -4.49. The van der Waals surface area contributed by atoms with Gasteiger partial charge < -0.3 is 5.73 Å². The number of nitrogens with two attached hydrogens (primary N) is 1. The summed E-state index contributed by atoms with van der Waals surface area (Å²) in [4.78, 5) is 0. The van der Waals surface area contributed by atoms with E-state index in [2.05, 4.69) is 0 Å². The van der Waals surface area contributed by atoms with E-state index in [0.29, 0.717) is 16.8 Å². The zero-order valence-electron chi connectivity index (χ0n) is 7.42. The van der Waals surface area contributed by atoms with Crippen molar-refractivity contribution in [1.29, 1.82) is 0 Å². The molecule has 0 fully saturated rings. The molecule has 14 heavy (non-hydrogen) atoms. The Morgan fingerprint density at radius 3 is 2.57 bits per heavy atom. The molecule has 0 amide bonds. The molecule has 0 atom stereocenters. The van der Waals surface area contributed by atoms with Gasteiger partial charge in [-0.25, -0.2) is 0 Å². The molecule has 2 N–H and O–H groups in total. The van der Waals surface area contributed by atoms with Gasteiger partial charge in [-0.1, -0.05) is 0 Å². The number of hydrogen-bond acceptors (Lipinski definition) is 3. The normalized spacial score (nSPS) is 11.6. The van der Waals surface area contributed by atoms with E-state index in [9.17, 15) is 12.3 Å². The molecule has 78 valence electrons.